The van der Waals surface area contributed by atoms with E-state index in [4.69, 9.17) is 0 Å². The second-order valence-corrected chi connectivity index (χ2v) is 4.26. The largest absolute Gasteiger partial charge is 0.360 e. The lowest BCUT2D eigenvalue weighted by Crippen LogP contribution is -2.17. The molecule has 0 unspecified atom stereocenters. The van der Waals surface area contributed by atoms with Crippen molar-refractivity contribution in [3.8, 4) is 0 Å². The molecule has 15 heavy (non-hydrogen) atoms. The fourth-order valence-corrected chi connectivity index (χ4v) is 2.37. The monoisotopic (exact) mass is 199 g/mol. The third-order valence-electron chi connectivity index (χ3n) is 3.19. The fraction of sp³-hybridized carbons (Fsp3) is 0.385. The van der Waals surface area contributed by atoms with Gasteiger partial charge in [0.15, 0.2) is 0 Å². The van der Waals surface area contributed by atoms with Crippen molar-refractivity contribution in [1.82, 2.24) is 9.88 Å². The fourth-order valence-electron chi connectivity index (χ4n) is 2.37. The van der Waals surface area contributed by atoms with E-state index in [2.05, 4.69) is 34.3 Å². The van der Waals surface area contributed by atoms with Crippen LogP contribution in [-0.2, 0) is 6.54 Å². The average molecular weight is 199 g/mol. The molecule has 0 bridgehead atoms. The number of nitrogens with one attached hydrogen (secondary N) is 1. The van der Waals surface area contributed by atoms with Gasteiger partial charge in [0.2, 0.25) is 0 Å². The molecule has 1 aromatic heterocycles. The standard InChI is InChI=1S/C13H15N2/c1-2-6-13-12(5-1)11(9-14-13)10-15-7-3-4-8-15/h1-2,5,9,14H,3-4,7-8,10H2. The third-order valence-corrected chi connectivity index (χ3v) is 3.19. The van der Waals surface area contributed by atoms with Crippen molar-refractivity contribution in [3.05, 3.63) is 36.0 Å². The van der Waals surface area contributed by atoms with E-state index in [9.17, 15) is 0 Å². The second kappa shape index (κ2) is 3.70. The van der Waals surface area contributed by atoms with Crippen LogP contribution in [0.15, 0.2) is 24.4 Å². The number of aromatic nitrogens is 1. The van der Waals surface area contributed by atoms with Crippen molar-refractivity contribution >= 4 is 10.9 Å². The van der Waals surface area contributed by atoms with Crippen molar-refractivity contribution in [3.63, 3.8) is 0 Å². The summed E-state index contributed by atoms with van der Waals surface area (Å²) in [5.41, 5.74) is 2.54. The predicted octanol–water partition coefficient (Wildman–Crippen LogP) is 2.56. The quantitative estimate of drug-likeness (QED) is 0.787. The van der Waals surface area contributed by atoms with Crippen LogP contribution in [0, 0.1) is 6.07 Å². The summed E-state index contributed by atoms with van der Waals surface area (Å²) in [6.45, 7) is 3.59. The van der Waals surface area contributed by atoms with Crippen LogP contribution in [-0.4, -0.2) is 23.0 Å². The maximum Gasteiger partial charge on any atom is 0.0537 e. The van der Waals surface area contributed by atoms with Crippen LogP contribution in [0.2, 0.25) is 0 Å². The summed E-state index contributed by atoms with van der Waals surface area (Å²) >= 11 is 0. The van der Waals surface area contributed by atoms with E-state index >= 15 is 0 Å². The van der Waals surface area contributed by atoms with Gasteiger partial charge in [-0.1, -0.05) is 18.2 Å². The molecule has 77 valence electrons. The molecule has 1 aliphatic heterocycles. The molecule has 2 nitrogen and oxygen atoms in total. The zero-order chi connectivity index (χ0) is 10.1. The number of aromatic amines is 1. The van der Waals surface area contributed by atoms with Crippen LogP contribution < -0.4 is 0 Å². The smallest absolute Gasteiger partial charge is 0.0537 e. The molecule has 1 N–H and O–H groups in total. The minimum absolute atomic E-state index is 1.08. The SMILES string of the molecule is [c]1cccc2c(CN3CCCC3)c[nH]c12. The van der Waals surface area contributed by atoms with E-state index in [1.807, 2.05) is 6.07 Å². The van der Waals surface area contributed by atoms with Crippen molar-refractivity contribution < 1.29 is 0 Å². The van der Waals surface area contributed by atoms with Gasteiger partial charge in [0, 0.05) is 24.2 Å². The highest BCUT2D eigenvalue weighted by atomic mass is 15.1. The molecule has 1 saturated heterocycles. The van der Waals surface area contributed by atoms with Gasteiger partial charge >= 0.3 is 0 Å². The van der Waals surface area contributed by atoms with Gasteiger partial charge in [-0.25, -0.2) is 0 Å². The van der Waals surface area contributed by atoms with Gasteiger partial charge in [-0.3, -0.25) is 4.90 Å². The van der Waals surface area contributed by atoms with Crippen molar-refractivity contribution in [2.45, 2.75) is 19.4 Å². The first-order chi connectivity index (χ1) is 7.43. The molecular weight excluding hydrogens is 184 g/mol. The van der Waals surface area contributed by atoms with Gasteiger partial charge in [0.25, 0.3) is 0 Å². The third kappa shape index (κ3) is 1.65. The molecule has 1 aromatic carbocycles. The van der Waals surface area contributed by atoms with Gasteiger partial charge in [-0.05, 0) is 31.5 Å². The number of H-pyrrole nitrogens is 1. The summed E-state index contributed by atoms with van der Waals surface area (Å²) in [5, 5.41) is 1.32. The summed E-state index contributed by atoms with van der Waals surface area (Å²) in [4.78, 5) is 5.80. The van der Waals surface area contributed by atoms with Crippen LogP contribution in [0.1, 0.15) is 18.4 Å². The minimum atomic E-state index is 1.08. The van der Waals surface area contributed by atoms with Crippen molar-refractivity contribution in [2.75, 3.05) is 13.1 Å². The first kappa shape index (κ1) is 8.98. The van der Waals surface area contributed by atoms with E-state index < -0.39 is 0 Å². The molecule has 2 heterocycles. The molecule has 0 atom stereocenters. The van der Waals surface area contributed by atoms with E-state index in [1.165, 1.54) is 36.9 Å². The van der Waals surface area contributed by atoms with Gasteiger partial charge in [0.05, 0.1) is 5.52 Å². The molecular formula is C13H15N2. The lowest BCUT2D eigenvalue weighted by atomic mass is 10.2. The summed E-state index contributed by atoms with van der Waals surface area (Å²) < 4.78 is 0. The predicted molar refractivity (Wildman–Crippen MR) is 61.6 cm³/mol. The average Bonchev–Trinajstić information content (AvgIpc) is 2.89. The second-order valence-electron chi connectivity index (χ2n) is 4.26. The molecule has 0 spiro atoms. The van der Waals surface area contributed by atoms with Gasteiger partial charge in [-0.15, -0.1) is 0 Å². The number of likely N-dealkylation sites (tertiary alicyclic amines) is 1. The Balaban J connectivity index is 1.90. The van der Waals surface area contributed by atoms with Crippen LogP contribution in [0.4, 0.5) is 0 Å². The zero-order valence-corrected chi connectivity index (χ0v) is 8.79. The molecule has 2 aromatic rings. The van der Waals surface area contributed by atoms with Crippen LogP contribution in [0.5, 0.6) is 0 Å². The van der Waals surface area contributed by atoms with E-state index in [0.717, 1.165) is 12.1 Å². The highest BCUT2D eigenvalue weighted by Gasteiger charge is 2.13. The molecule has 1 radical (unpaired) electrons. The molecule has 0 saturated carbocycles. The summed E-state index contributed by atoms with van der Waals surface area (Å²) in [6, 6.07) is 9.41. The van der Waals surface area contributed by atoms with Crippen LogP contribution >= 0.6 is 0 Å². The summed E-state index contributed by atoms with van der Waals surface area (Å²) in [6.07, 6.45) is 4.84. The van der Waals surface area contributed by atoms with Gasteiger partial charge < -0.3 is 4.98 Å². The van der Waals surface area contributed by atoms with Gasteiger partial charge in [-0.2, -0.15) is 0 Å². The molecule has 1 aliphatic rings. The summed E-state index contributed by atoms with van der Waals surface area (Å²) in [5.74, 6) is 0. The van der Waals surface area contributed by atoms with Crippen molar-refractivity contribution in [1.29, 1.82) is 0 Å². The van der Waals surface area contributed by atoms with E-state index in [1.54, 1.807) is 0 Å². The van der Waals surface area contributed by atoms with Gasteiger partial charge in [0.1, 0.15) is 0 Å². The maximum atomic E-state index is 3.28. The van der Waals surface area contributed by atoms with E-state index in [-0.39, 0.29) is 0 Å². The van der Waals surface area contributed by atoms with Crippen LogP contribution in [0.3, 0.4) is 0 Å². The maximum absolute atomic E-state index is 3.28. The Bertz CT molecular complexity index is 452. The Morgan fingerprint density at radius 3 is 3.07 bits per heavy atom. The highest BCUT2D eigenvalue weighted by Crippen LogP contribution is 2.20. The number of nitrogens with zero attached hydrogens (tertiary/aromatic N) is 1. The number of fused-ring (bicyclic) bond motifs is 1. The molecule has 0 amide bonds. The Kier molecular flexibility index (Phi) is 2.22. The number of rotatable bonds is 2. The van der Waals surface area contributed by atoms with Crippen molar-refractivity contribution in [2.24, 2.45) is 0 Å². The Morgan fingerprint density at radius 1 is 1.33 bits per heavy atom. The normalized spacial score (nSPS) is 17.6. The first-order valence-electron chi connectivity index (χ1n) is 5.62. The summed E-state index contributed by atoms with van der Waals surface area (Å²) in [7, 11) is 0. The Labute approximate surface area is 89.9 Å². The lowest BCUT2D eigenvalue weighted by Gasteiger charge is -2.13. The van der Waals surface area contributed by atoms with Crippen LogP contribution in [0.25, 0.3) is 10.9 Å². The Morgan fingerprint density at radius 2 is 2.20 bits per heavy atom. The molecule has 3 rings (SSSR count). The Hall–Kier alpha value is -1.28. The zero-order valence-electron chi connectivity index (χ0n) is 8.79. The lowest BCUT2D eigenvalue weighted by molar-refractivity contribution is 0.332. The first-order valence-corrected chi connectivity index (χ1v) is 5.62. The highest BCUT2D eigenvalue weighted by molar-refractivity contribution is 5.82. The molecule has 0 aliphatic carbocycles. The number of hydrogen-bond acceptors (Lipinski definition) is 1. The molecule has 2 heteroatoms. The molecule has 1 fully saturated rings. The topological polar surface area (TPSA) is 19.0 Å². The minimum Gasteiger partial charge on any atom is -0.360 e. The number of benzene rings is 1. The number of hydrogen-bond donors (Lipinski definition) is 1. The van der Waals surface area contributed by atoms with E-state index in [0.29, 0.717) is 0 Å². The number of para-hydroxylation sites is 1.